The lowest BCUT2D eigenvalue weighted by atomic mass is 10.1. The van der Waals surface area contributed by atoms with Crippen LogP contribution in [0.15, 0.2) is 58.3 Å². The van der Waals surface area contributed by atoms with Gasteiger partial charge in [-0.1, -0.05) is 13.8 Å². The summed E-state index contributed by atoms with van der Waals surface area (Å²) < 4.78 is 54.6. The number of nitrogens with zero attached hydrogens (tertiary/aromatic N) is 3. The fourth-order valence-electron chi connectivity index (χ4n) is 3.52. The number of sulfonamides is 2. The molecule has 0 bridgehead atoms. The minimum absolute atomic E-state index is 0.0784. The van der Waals surface area contributed by atoms with E-state index in [0.717, 1.165) is 52.8 Å². The van der Waals surface area contributed by atoms with E-state index >= 15 is 0 Å². The molecule has 0 unspecified atom stereocenters. The van der Waals surface area contributed by atoms with Crippen molar-refractivity contribution >= 4 is 37.4 Å². The Hall–Kier alpha value is -3.47. The molecule has 0 amide bonds. The molecule has 0 heterocycles. The SMILES string of the molecule is CC(C)CN([C@@H](CCCCNS(=O)(=O)c1ccc([N+](=O)[O-])cc1)C(=O)O)S(=O)(=O)c1ccc([N+](=O)[O-])cc1. The van der Waals surface area contributed by atoms with Gasteiger partial charge in [-0.15, -0.1) is 0 Å². The highest BCUT2D eigenvalue weighted by atomic mass is 32.2. The second-order valence-electron chi connectivity index (χ2n) is 8.72. The molecule has 16 heteroatoms. The number of benzene rings is 2. The monoisotopic (exact) mass is 572 g/mol. The lowest BCUT2D eigenvalue weighted by Crippen LogP contribution is -2.46. The molecule has 1 atom stereocenters. The maximum absolute atomic E-state index is 13.3. The minimum atomic E-state index is -4.32. The molecule has 0 aliphatic heterocycles. The smallest absolute Gasteiger partial charge is 0.322 e. The highest BCUT2D eigenvalue weighted by molar-refractivity contribution is 7.89. The Morgan fingerprint density at radius 1 is 0.895 bits per heavy atom. The van der Waals surface area contributed by atoms with Crippen LogP contribution in [0.3, 0.4) is 0 Å². The summed E-state index contributed by atoms with van der Waals surface area (Å²) in [6.45, 7) is 3.22. The van der Waals surface area contributed by atoms with E-state index in [1.54, 1.807) is 13.8 Å². The number of nitro benzene ring substituents is 2. The third-order valence-electron chi connectivity index (χ3n) is 5.39. The van der Waals surface area contributed by atoms with Gasteiger partial charge < -0.3 is 5.11 Å². The second-order valence-corrected chi connectivity index (χ2v) is 12.4. The van der Waals surface area contributed by atoms with Gasteiger partial charge in [0.2, 0.25) is 20.0 Å². The van der Waals surface area contributed by atoms with E-state index in [-0.39, 0.29) is 59.4 Å². The Morgan fingerprint density at radius 3 is 1.79 bits per heavy atom. The van der Waals surface area contributed by atoms with Gasteiger partial charge in [0.25, 0.3) is 11.4 Å². The van der Waals surface area contributed by atoms with E-state index in [1.165, 1.54) is 0 Å². The third-order valence-corrected chi connectivity index (χ3v) is 8.75. The van der Waals surface area contributed by atoms with Crippen LogP contribution in [0.4, 0.5) is 11.4 Å². The number of carboxylic acids is 1. The van der Waals surface area contributed by atoms with Crippen LogP contribution in [0.5, 0.6) is 0 Å². The number of nitrogens with one attached hydrogen (secondary N) is 1. The van der Waals surface area contributed by atoms with E-state index in [4.69, 9.17) is 0 Å². The van der Waals surface area contributed by atoms with Crippen molar-refractivity contribution in [2.75, 3.05) is 13.1 Å². The molecular weight excluding hydrogens is 544 g/mol. The number of rotatable bonds is 15. The van der Waals surface area contributed by atoms with Crippen molar-refractivity contribution < 1.29 is 36.6 Å². The van der Waals surface area contributed by atoms with Crippen LogP contribution in [-0.2, 0) is 24.8 Å². The molecule has 2 N–H and O–H groups in total. The molecule has 0 fully saturated rings. The normalized spacial score (nSPS) is 12.9. The summed E-state index contributed by atoms with van der Waals surface area (Å²) in [5.41, 5.74) is -0.580. The Kier molecular flexibility index (Phi) is 10.4. The highest BCUT2D eigenvalue weighted by Crippen LogP contribution is 2.25. The predicted octanol–water partition coefficient (Wildman–Crippen LogP) is 2.75. The summed E-state index contributed by atoms with van der Waals surface area (Å²) in [5, 5.41) is 31.4. The maximum atomic E-state index is 13.3. The van der Waals surface area contributed by atoms with Crippen molar-refractivity contribution in [2.45, 2.75) is 48.9 Å². The molecule has 2 rings (SSSR count). The van der Waals surface area contributed by atoms with Gasteiger partial charge >= 0.3 is 5.97 Å². The molecule has 0 aliphatic carbocycles. The van der Waals surface area contributed by atoms with Gasteiger partial charge in [0.15, 0.2) is 0 Å². The molecule has 0 saturated carbocycles. The van der Waals surface area contributed by atoms with Crippen LogP contribution in [0.2, 0.25) is 0 Å². The number of carboxylic acid groups (broad SMARTS) is 1. The number of carbonyl (C=O) groups is 1. The largest absolute Gasteiger partial charge is 0.480 e. The molecule has 0 aromatic heterocycles. The topological polar surface area (TPSA) is 207 Å². The van der Waals surface area contributed by atoms with E-state index in [2.05, 4.69) is 4.72 Å². The maximum Gasteiger partial charge on any atom is 0.322 e. The van der Waals surface area contributed by atoms with E-state index in [1.807, 2.05) is 0 Å². The Bertz CT molecular complexity index is 1360. The molecule has 38 heavy (non-hydrogen) atoms. The van der Waals surface area contributed by atoms with E-state index in [0.29, 0.717) is 0 Å². The molecule has 0 saturated heterocycles. The third kappa shape index (κ3) is 8.01. The van der Waals surface area contributed by atoms with Crippen LogP contribution in [0.1, 0.15) is 33.1 Å². The van der Waals surface area contributed by atoms with Crippen LogP contribution in [-0.4, -0.2) is 61.2 Å². The van der Waals surface area contributed by atoms with Gasteiger partial charge in [-0.25, -0.2) is 21.6 Å². The van der Waals surface area contributed by atoms with Crippen LogP contribution >= 0.6 is 0 Å². The number of nitro groups is 2. The molecular formula is C22H28N4O10S2. The highest BCUT2D eigenvalue weighted by Gasteiger charge is 2.36. The number of hydrogen-bond donors (Lipinski definition) is 2. The van der Waals surface area contributed by atoms with Crippen LogP contribution in [0, 0.1) is 26.1 Å². The van der Waals surface area contributed by atoms with Gasteiger partial charge in [-0.3, -0.25) is 25.0 Å². The lowest BCUT2D eigenvalue weighted by molar-refractivity contribution is -0.385. The molecule has 0 radical (unpaired) electrons. The second kappa shape index (κ2) is 12.9. The summed E-state index contributed by atoms with van der Waals surface area (Å²) in [4.78, 5) is 31.9. The van der Waals surface area contributed by atoms with Crippen LogP contribution in [0.25, 0.3) is 0 Å². The van der Waals surface area contributed by atoms with Gasteiger partial charge in [0, 0.05) is 37.4 Å². The number of hydrogen-bond acceptors (Lipinski definition) is 9. The summed E-state index contributed by atoms with van der Waals surface area (Å²) in [7, 11) is -8.29. The first-order chi connectivity index (χ1) is 17.7. The number of aliphatic carboxylic acids is 1. The van der Waals surface area contributed by atoms with E-state index in [9.17, 15) is 47.0 Å². The van der Waals surface area contributed by atoms with Gasteiger partial charge in [0.1, 0.15) is 6.04 Å². The first kappa shape index (κ1) is 30.8. The zero-order chi connectivity index (χ0) is 28.7. The van der Waals surface area contributed by atoms with Crippen molar-refractivity contribution in [1.82, 2.24) is 9.03 Å². The first-order valence-electron chi connectivity index (χ1n) is 11.4. The standard InChI is InChI=1S/C22H28N4O10S2/c1-16(2)15-24(38(35,36)20-12-8-18(9-13-20)26(31)32)21(22(27)28)5-3-4-14-23-37(33,34)19-10-6-17(7-11-19)25(29)30/h6-13,16,21,23H,3-5,14-15H2,1-2H3,(H,27,28)/t21-/m0/s1. The zero-order valence-electron chi connectivity index (χ0n) is 20.6. The molecule has 2 aromatic rings. The van der Waals surface area contributed by atoms with Crippen molar-refractivity contribution in [3.05, 3.63) is 68.8 Å². The molecule has 0 aliphatic rings. The van der Waals surface area contributed by atoms with E-state index < -0.39 is 41.9 Å². The molecule has 14 nitrogen and oxygen atoms in total. The van der Waals surface area contributed by atoms with Gasteiger partial charge in [0.05, 0.1) is 19.6 Å². The molecule has 0 spiro atoms. The minimum Gasteiger partial charge on any atom is -0.480 e. The van der Waals surface area contributed by atoms with Crippen molar-refractivity contribution in [1.29, 1.82) is 0 Å². The Balaban J connectivity index is 2.10. The molecule has 208 valence electrons. The summed E-state index contributed by atoms with van der Waals surface area (Å²) in [6, 6.07) is 6.98. The van der Waals surface area contributed by atoms with Crippen molar-refractivity contribution in [2.24, 2.45) is 5.92 Å². The van der Waals surface area contributed by atoms with Crippen molar-refractivity contribution in [3.8, 4) is 0 Å². The average molecular weight is 573 g/mol. The number of non-ortho nitro benzene ring substituents is 2. The Morgan fingerprint density at radius 2 is 1.37 bits per heavy atom. The number of unbranched alkanes of at least 4 members (excludes halogenated alkanes) is 1. The first-order valence-corrected chi connectivity index (χ1v) is 14.3. The fraction of sp³-hybridized carbons (Fsp3) is 0.409. The lowest BCUT2D eigenvalue weighted by Gasteiger charge is -2.29. The fourth-order valence-corrected chi connectivity index (χ4v) is 6.37. The Labute approximate surface area is 219 Å². The summed E-state index contributed by atoms with van der Waals surface area (Å²) in [6.07, 6.45) is 0.223. The molecule has 2 aromatic carbocycles. The van der Waals surface area contributed by atoms with Crippen LogP contribution < -0.4 is 4.72 Å². The predicted molar refractivity (Wildman–Crippen MR) is 135 cm³/mol. The average Bonchev–Trinajstić information content (AvgIpc) is 2.84. The quantitative estimate of drug-likeness (QED) is 0.181. The van der Waals surface area contributed by atoms with Gasteiger partial charge in [-0.05, 0) is 49.4 Å². The van der Waals surface area contributed by atoms with Crippen molar-refractivity contribution in [3.63, 3.8) is 0 Å². The summed E-state index contributed by atoms with van der Waals surface area (Å²) >= 11 is 0. The van der Waals surface area contributed by atoms with Gasteiger partial charge in [-0.2, -0.15) is 4.31 Å². The summed E-state index contributed by atoms with van der Waals surface area (Å²) in [5.74, 6) is -1.62. The zero-order valence-corrected chi connectivity index (χ0v) is 22.2.